The van der Waals surface area contributed by atoms with Crippen LogP contribution in [-0.2, 0) is 4.79 Å². The lowest BCUT2D eigenvalue weighted by Crippen LogP contribution is -1.96. The van der Waals surface area contributed by atoms with Crippen LogP contribution in [0.25, 0.3) is 0 Å². The van der Waals surface area contributed by atoms with E-state index >= 15 is 0 Å². The summed E-state index contributed by atoms with van der Waals surface area (Å²) in [5.74, 6) is 2.45. The van der Waals surface area contributed by atoms with Crippen LogP contribution in [0.3, 0.4) is 0 Å². The number of nitrogens with zero attached hydrogens (tertiary/aromatic N) is 1. The predicted octanol–water partition coefficient (Wildman–Crippen LogP) is 2.50. The van der Waals surface area contributed by atoms with E-state index < -0.39 is 22.2 Å². The molecule has 1 rings (SSSR count). The van der Waals surface area contributed by atoms with Crippen molar-refractivity contribution in [3.8, 4) is 11.8 Å². The Hall–Kier alpha value is -1.94. The highest BCUT2D eigenvalue weighted by molar-refractivity contribution is 8.13. The zero-order chi connectivity index (χ0) is 13.7. The van der Waals surface area contributed by atoms with E-state index in [9.17, 15) is 23.7 Å². The maximum absolute atomic E-state index is 12.9. The van der Waals surface area contributed by atoms with Crippen LogP contribution in [0.1, 0.15) is 12.5 Å². The number of carbonyl (C=O) groups is 1. The van der Waals surface area contributed by atoms with Crippen molar-refractivity contribution in [2.24, 2.45) is 0 Å². The molecule has 1 aromatic carbocycles. The van der Waals surface area contributed by atoms with Gasteiger partial charge in [0.2, 0.25) is 0 Å². The number of carbonyl (C=O) groups excluding carboxylic acids is 1. The van der Waals surface area contributed by atoms with Gasteiger partial charge in [-0.1, -0.05) is 23.6 Å². The number of rotatable bonds is 2. The normalized spacial score (nSPS) is 9.50. The Morgan fingerprint density at radius 3 is 2.61 bits per heavy atom. The van der Waals surface area contributed by atoms with Crippen LogP contribution in [0.2, 0.25) is 0 Å². The summed E-state index contributed by atoms with van der Waals surface area (Å²) in [5.41, 5.74) is -0.822. The Labute approximate surface area is 106 Å². The van der Waals surface area contributed by atoms with E-state index in [1.807, 2.05) is 0 Å². The van der Waals surface area contributed by atoms with Gasteiger partial charge in [0.15, 0.2) is 16.7 Å². The van der Waals surface area contributed by atoms with Crippen LogP contribution in [0.4, 0.5) is 14.5 Å². The van der Waals surface area contributed by atoms with Crippen molar-refractivity contribution < 1.29 is 18.5 Å². The van der Waals surface area contributed by atoms with E-state index in [0.29, 0.717) is 12.1 Å². The minimum Gasteiger partial charge on any atom is -0.288 e. The van der Waals surface area contributed by atoms with Gasteiger partial charge in [-0.15, -0.1) is 0 Å². The summed E-state index contributed by atoms with van der Waals surface area (Å²) >= 11 is 0.922. The molecule has 1 aromatic rings. The molecule has 0 saturated carbocycles. The quantitative estimate of drug-likeness (QED) is 0.471. The fraction of sp³-hybridized carbons (Fsp3) is 0.182. The van der Waals surface area contributed by atoms with Gasteiger partial charge in [-0.3, -0.25) is 14.9 Å². The van der Waals surface area contributed by atoms with Crippen LogP contribution >= 0.6 is 11.8 Å². The molecule has 0 aliphatic carbocycles. The van der Waals surface area contributed by atoms with E-state index in [1.165, 1.54) is 6.92 Å². The van der Waals surface area contributed by atoms with Crippen LogP contribution in [0, 0.1) is 33.6 Å². The lowest BCUT2D eigenvalue weighted by Gasteiger charge is -1.97. The smallest absolute Gasteiger partial charge is 0.288 e. The van der Waals surface area contributed by atoms with Gasteiger partial charge in [-0.25, -0.2) is 8.78 Å². The van der Waals surface area contributed by atoms with Gasteiger partial charge in [0.05, 0.1) is 16.7 Å². The van der Waals surface area contributed by atoms with E-state index in [0.717, 1.165) is 11.8 Å². The first-order valence-corrected chi connectivity index (χ1v) is 5.66. The van der Waals surface area contributed by atoms with Crippen molar-refractivity contribution in [3.05, 3.63) is 39.4 Å². The summed E-state index contributed by atoms with van der Waals surface area (Å²) in [6.07, 6.45) is 0. The van der Waals surface area contributed by atoms with Crippen LogP contribution in [0.15, 0.2) is 12.1 Å². The molecule has 0 spiro atoms. The number of nitro benzene ring substituents is 1. The summed E-state index contributed by atoms with van der Waals surface area (Å²) in [5, 5.41) is 10.5. The third-order valence-electron chi connectivity index (χ3n) is 1.81. The molecular formula is C11H7F2NO3S. The predicted molar refractivity (Wildman–Crippen MR) is 63.0 cm³/mol. The summed E-state index contributed by atoms with van der Waals surface area (Å²) in [4.78, 5) is 20.4. The molecule has 0 unspecified atom stereocenters. The average molecular weight is 271 g/mol. The first-order chi connectivity index (χ1) is 8.41. The third kappa shape index (κ3) is 3.82. The minimum absolute atomic E-state index is 0.130. The van der Waals surface area contributed by atoms with Gasteiger partial charge in [0, 0.05) is 6.92 Å². The van der Waals surface area contributed by atoms with Gasteiger partial charge in [-0.2, -0.15) is 0 Å². The van der Waals surface area contributed by atoms with Crippen molar-refractivity contribution in [2.75, 3.05) is 5.75 Å². The summed E-state index contributed by atoms with van der Waals surface area (Å²) in [7, 11) is 0. The van der Waals surface area contributed by atoms with Gasteiger partial charge >= 0.3 is 0 Å². The third-order valence-corrected chi connectivity index (χ3v) is 2.50. The summed E-state index contributed by atoms with van der Waals surface area (Å²) in [6.45, 7) is 1.35. The Morgan fingerprint density at radius 1 is 1.44 bits per heavy atom. The number of nitro groups is 1. The molecule has 18 heavy (non-hydrogen) atoms. The SMILES string of the molecule is CC(=O)SCC#Cc1cc(F)c(F)cc1[N+](=O)[O-]. The molecule has 7 heteroatoms. The lowest BCUT2D eigenvalue weighted by atomic mass is 10.1. The standard InChI is InChI=1S/C11H7F2NO3S/c1-7(15)18-4-2-3-8-5-9(12)10(13)6-11(8)14(16)17/h5-6H,4H2,1H3. The largest absolute Gasteiger partial charge is 0.288 e. The highest BCUT2D eigenvalue weighted by Gasteiger charge is 2.17. The maximum atomic E-state index is 12.9. The molecule has 0 aliphatic heterocycles. The highest BCUT2D eigenvalue weighted by atomic mass is 32.2. The van der Waals surface area contributed by atoms with E-state index in [1.54, 1.807) is 0 Å². The number of hydrogen-bond acceptors (Lipinski definition) is 4. The number of halogens is 2. The Kier molecular flexibility index (Phi) is 4.80. The molecule has 0 N–H and O–H groups in total. The Balaban J connectivity index is 3.03. The van der Waals surface area contributed by atoms with E-state index in [-0.39, 0.29) is 16.4 Å². The molecule has 0 fully saturated rings. The zero-order valence-electron chi connectivity index (χ0n) is 9.20. The first kappa shape index (κ1) is 14.1. The monoisotopic (exact) mass is 271 g/mol. The van der Waals surface area contributed by atoms with Gasteiger partial charge in [0.1, 0.15) is 5.56 Å². The molecule has 0 heterocycles. The van der Waals surface area contributed by atoms with E-state index in [2.05, 4.69) is 11.8 Å². The summed E-state index contributed by atoms with van der Waals surface area (Å²) < 4.78 is 25.8. The van der Waals surface area contributed by atoms with Gasteiger partial charge in [-0.05, 0) is 6.07 Å². The van der Waals surface area contributed by atoms with Crippen LogP contribution < -0.4 is 0 Å². The molecule has 0 bridgehead atoms. The minimum atomic E-state index is -1.30. The second-order valence-electron chi connectivity index (χ2n) is 3.12. The fourth-order valence-electron chi connectivity index (χ4n) is 1.06. The number of benzene rings is 1. The lowest BCUT2D eigenvalue weighted by molar-refractivity contribution is -0.385. The molecule has 4 nitrogen and oxygen atoms in total. The first-order valence-electron chi connectivity index (χ1n) is 4.67. The molecule has 0 saturated heterocycles. The van der Waals surface area contributed by atoms with Gasteiger partial charge in [0.25, 0.3) is 5.69 Å². The molecular weight excluding hydrogens is 264 g/mol. The van der Waals surface area contributed by atoms with Crippen molar-refractivity contribution in [3.63, 3.8) is 0 Å². The molecule has 0 amide bonds. The van der Waals surface area contributed by atoms with Gasteiger partial charge < -0.3 is 0 Å². The van der Waals surface area contributed by atoms with Crippen molar-refractivity contribution in [2.45, 2.75) is 6.92 Å². The number of hydrogen-bond donors (Lipinski definition) is 0. The fourth-order valence-corrected chi connectivity index (χ4v) is 1.40. The van der Waals surface area contributed by atoms with Crippen LogP contribution in [0.5, 0.6) is 0 Å². The molecule has 0 aromatic heterocycles. The maximum Gasteiger partial charge on any atom is 0.288 e. The number of thioether (sulfide) groups is 1. The highest BCUT2D eigenvalue weighted by Crippen LogP contribution is 2.21. The average Bonchev–Trinajstić information content (AvgIpc) is 2.28. The molecule has 0 aliphatic rings. The second-order valence-corrected chi connectivity index (χ2v) is 4.27. The topological polar surface area (TPSA) is 60.2 Å². The Bertz CT molecular complexity index is 563. The van der Waals surface area contributed by atoms with Crippen LogP contribution in [-0.4, -0.2) is 15.8 Å². The van der Waals surface area contributed by atoms with Crippen molar-refractivity contribution in [1.29, 1.82) is 0 Å². The molecule has 94 valence electrons. The van der Waals surface area contributed by atoms with E-state index in [4.69, 9.17) is 0 Å². The second kappa shape index (κ2) is 6.12. The zero-order valence-corrected chi connectivity index (χ0v) is 10.0. The molecule has 0 atom stereocenters. The van der Waals surface area contributed by atoms with Crippen molar-refractivity contribution >= 4 is 22.6 Å². The molecule has 0 radical (unpaired) electrons. The van der Waals surface area contributed by atoms with Crippen molar-refractivity contribution in [1.82, 2.24) is 0 Å². The summed E-state index contributed by atoms with van der Waals surface area (Å²) in [6, 6.07) is 1.15. The Morgan fingerprint density at radius 2 is 2.06 bits per heavy atom.